The van der Waals surface area contributed by atoms with Crippen LogP contribution in [-0.4, -0.2) is 61.1 Å². The highest BCUT2D eigenvalue weighted by Crippen LogP contribution is 2.09. The van der Waals surface area contributed by atoms with Crippen LogP contribution < -0.4 is 5.32 Å². The molecule has 0 bridgehead atoms. The van der Waals surface area contributed by atoms with Crippen molar-refractivity contribution in [1.82, 2.24) is 20.1 Å². The summed E-state index contributed by atoms with van der Waals surface area (Å²) in [4.78, 5) is 9.31. The van der Waals surface area contributed by atoms with Crippen molar-refractivity contribution in [1.29, 1.82) is 0 Å². The van der Waals surface area contributed by atoms with E-state index in [0.717, 1.165) is 25.3 Å². The molecule has 1 N–H and O–H groups in total. The average molecular weight is 254 g/mol. The van der Waals surface area contributed by atoms with Crippen LogP contribution in [0.15, 0.2) is 5.38 Å². The summed E-state index contributed by atoms with van der Waals surface area (Å²) in [5.41, 5.74) is 1.13. The minimum Gasteiger partial charge on any atom is -0.309 e. The van der Waals surface area contributed by atoms with Crippen molar-refractivity contribution in [3.63, 3.8) is 0 Å². The molecule has 2 rings (SSSR count). The van der Waals surface area contributed by atoms with E-state index in [1.165, 1.54) is 18.1 Å². The number of rotatable bonds is 4. The summed E-state index contributed by atoms with van der Waals surface area (Å²) in [6.07, 6.45) is 0. The number of hydrogen-bond acceptors (Lipinski definition) is 5. The number of likely N-dealkylation sites (N-methyl/N-ethyl adjacent to an activating group) is 2. The number of aromatic nitrogens is 1. The summed E-state index contributed by atoms with van der Waals surface area (Å²) in [6.45, 7) is 7.48. The van der Waals surface area contributed by atoms with Crippen LogP contribution in [0, 0.1) is 6.92 Å². The summed E-state index contributed by atoms with van der Waals surface area (Å²) in [6, 6.07) is 0.620. The zero-order valence-corrected chi connectivity index (χ0v) is 11.8. The van der Waals surface area contributed by atoms with Crippen molar-refractivity contribution >= 4 is 11.3 Å². The van der Waals surface area contributed by atoms with Crippen LogP contribution in [0.2, 0.25) is 0 Å². The van der Waals surface area contributed by atoms with Gasteiger partial charge in [-0.15, -0.1) is 11.3 Å². The number of piperazine rings is 1. The molecule has 96 valence electrons. The lowest BCUT2D eigenvalue weighted by Crippen LogP contribution is -2.53. The molecule has 2 heterocycles. The van der Waals surface area contributed by atoms with Crippen molar-refractivity contribution in [2.75, 3.05) is 40.3 Å². The zero-order valence-electron chi connectivity index (χ0n) is 10.9. The van der Waals surface area contributed by atoms with E-state index < -0.39 is 0 Å². The maximum atomic E-state index is 4.46. The Balaban J connectivity index is 1.74. The van der Waals surface area contributed by atoms with E-state index >= 15 is 0 Å². The van der Waals surface area contributed by atoms with E-state index in [0.29, 0.717) is 6.04 Å². The Morgan fingerprint density at radius 3 is 3.00 bits per heavy atom. The second-order valence-electron chi connectivity index (χ2n) is 4.91. The maximum Gasteiger partial charge on any atom is 0.107 e. The van der Waals surface area contributed by atoms with Crippen molar-refractivity contribution in [3.8, 4) is 0 Å². The Labute approximate surface area is 108 Å². The van der Waals surface area contributed by atoms with Crippen molar-refractivity contribution in [2.24, 2.45) is 0 Å². The molecule has 0 aliphatic carbocycles. The predicted molar refractivity (Wildman–Crippen MR) is 72.5 cm³/mol. The van der Waals surface area contributed by atoms with Crippen LogP contribution in [0.5, 0.6) is 0 Å². The van der Waals surface area contributed by atoms with E-state index in [4.69, 9.17) is 0 Å². The summed E-state index contributed by atoms with van der Waals surface area (Å²) >= 11 is 1.74. The highest BCUT2D eigenvalue weighted by atomic mass is 32.1. The number of nitrogens with zero attached hydrogens (tertiary/aromatic N) is 3. The molecule has 1 saturated heterocycles. The largest absolute Gasteiger partial charge is 0.309 e. The molecule has 0 amide bonds. The summed E-state index contributed by atoms with van der Waals surface area (Å²) < 4.78 is 0. The van der Waals surface area contributed by atoms with Crippen LogP contribution in [0.1, 0.15) is 10.7 Å². The van der Waals surface area contributed by atoms with Crippen molar-refractivity contribution < 1.29 is 0 Å². The van der Waals surface area contributed by atoms with Gasteiger partial charge in [0.05, 0.1) is 0 Å². The van der Waals surface area contributed by atoms with Gasteiger partial charge in [0.15, 0.2) is 0 Å². The van der Waals surface area contributed by atoms with Crippen molar-refractivity contribution in [3.05, 3.63) is 16.1 Å². The molecule has 5 heteroatoms. The number of thiazole rings is 1. The highest BCUT2D eigenvalue weighted by Gasteiger charge is 2.21. The van der Waals surface area contributed by atoms with Gasteiger partial charge in [0.25, 0.3) is 0 Å². The number of aryl methyl sites for hydroxylation is 1. The normalized spacial score (nSPS) is 23.1. The summed E-state index contributed by atoms with van der Waals surface area (Å²) in [5, 5.41) is 6.81. The first-order chi connectivity index (χ1) is 8.15. The molecule has 1 aromatic heterocycles. The molecule has 0 saturated carbocycles. The molecule has 1 aliphatic rings. The lowest BCUT2D eigenvalue weighted by Gasteiger charge is -2.37. The quantitative estimate of drug-likeness (QED) is 0.861. The van der Waals surface area contributed by atoms with Gasteiger partial charge in [0.2, 0.25) is 0 Å². The van der Waals surface area contributed by atoms with Gasteiger partial charge in [0, 0.05) is 49.8 Å². The molecule has 1 atom stereocenters. The van der Waals surface area contributed by atoms with Crippen LogP contribution in [0.3, 0.4) is 0 Å². The molecule has 0 aromatic carbocycles. The van der Waals surface area contributed by atoms with Gasteiger partial charge in [-0.05, 0) is 21.0 Å². The molecule has 0 spiro atoms. The molecule has 1 fully saturated rings. The van der Waals surface area contributed by atoms with E-state index in [1.54, 1.807) is 11.3 Å². The second kappa shape index (κ2) is 5.91. The van der Waals surface area contributed by atoms with Gasteiger partial charge < -0.3 is 10.2 Å². The molecule has 1 unspecified atom stereocenters. The van der Waals surface area contributed by atoms with Gasteiger partial charge >= 0.3 is 0 Å². The maximum absolute atomic E-state index is 4.46. The predicted octanol–water partition coefficient (Wildman–Crippen LogP) is 0.787. The van der Waals surface area contributed by atoms with Crippen LogP contribution in [-0.2, 0) is 6.54 Å². The van der Waals surface area contributed by atoms with Gasteiger partial charge in [0.1, 0.15) is 5.01 Å². The van der Waals surface area contributed by atoms with Gasteiger partial charge in [-0.1, -0.05) is 0 Å². The highest BCUT2D eigenvalue weighted by molar-refractivity contribution is 7.09. The Morgan fingerprint density at radius 2 is 2.29 bits per heavy atom. The van der Waals surface area contributed by atoms with E-state index in [2.05, 4.69) is 39.6 Å². The fourth-order valence-corrected chi connectivity index (χ4v) is 2.89. The van der Waals surface area contributed by atoms with Gasteiger partial charge in [-0.25, -0.2) is 4.98 Å². The van der Waals surface area contributed by atoms with Crippen molar-refractivity contribution in [2.45, 2.75) is 19.5 Å². The number of hydrogen-bond donors (Lipinski definition) is 1. The van der Waals surface area contributed by atoms with Crippen LogP contribution in [0.25, 0.3) is 0 Å². The fraction of sp³-hybridized carbons (Fsp3) is 0.750. The molecular formula is C12H22N4S. The molecule has 1 aliphatic heterocycles. The first-order valence-electron chi connectivity index (χ1n) is 6.15. The number of nitrogens with one attached hydrogen (secondary N) is 1. The first-order valence-corrected chi connectivity index (χ1v) is 7.03. The van der Waals surface area contributed by atoms with Gasteiger partial charge in [-0.3, -0.25) is 4.90 Å². The minimum atomic E-state index is 0.620. The first kappa shape index (κ1) is 13.0. The van der Waals surface area contributed by atoms with E-state index in [1.807, 2.05) is 6.92 Å². The SMILES string of the molecule is Cc1csc(CNCC2CN(C)CCN2C)n1. The third-order valence-corrected chi connectivity index (χ3v) is 4.27. The smallest absolute Gasteiger partial charge is 0.107 e. The molecule has 0 radical (unpaired) electrons. The standard InChI is InChI=1S/C12H22N4S/c1-10-9-17-12(14-10)7-13-6-11-8-15(2)4-5-16(11)3/h9,11,13H,4-8H2,1-3H3. The topological polar surface area (TPSA) is 31.4 Å². The Hall–Kier alpha value is -0.490. The Bertz CT molecular complexity index is 352. The fourth-order valence-electron chi connectivity index (χ4n) is 2.15. The monoisotopic (exact) mass is 254 g/mol. The van der Waals surface area contributed by atoms with Crippen LogP contribution in [0.4, 0.5) is 0 Å². The Kier molecular flexibility index (Phi) is 4.50. The van der Waals surface area contributed by atoms with Crippen LogP contribution >= 0.6 is 11.3 Å². The molecule has 4 nitrogen and oxygen atoms in total. The lowest BCUT2D eigenvalue weighted by molar-refractivity contribution is 0.113. The summed E-state index contributed by atoms with van der Waals surface area (Å²) in [7, 11) is 4.41. The molecule has 17 heavy (non-hydrogen) atoms. The average Bonchev–Trinajstić information content (AvgIpc) is 2.69. The molecular weight excluding hydrogens is 232 g/mol. The Morgan fingerprint density at radius 1 is 1.47 bits per heavy atom. The third-order valence-electron chi connectivity index (χ3n) is 3.30. The summed E-state index contributed by atoms with van der Waals surface area (Å²) in [5.74, 6) is 0. The van der Waals surface area contributed by atoms with E-state index in [-0.39, 0.29) is 0 Å². The zero-order chi connectivity index (χ0) is 12.3. The molecule has 1 aromatic rings. The lowest BCUT2D eigenvalue weighted by atomic mass is 10.2. The van der Waals surface area contributed by atoms with E-state index in [9.17, 15) is 0 Å². The minimum absolute atomic E-state index is 0.620. The third kappa shape index (κ3) is 3.74. The second-order valence-corrected chi connectivity index (χ2v) is 5.85. The van der Waals surface area contributed by atoms with Gasteiger partial charge in [-0.2, -0.15) is 0 Å².